The van der Waals surface area contributed by atoms with E-state index < -0.39 is 11.9 Å². The summed E-state index contributed by atoms with van der Waals surface area (Å²) in [5.74, 6) is -0.143. The second-order valence-corrected chi connectivity index (χ2v) is 7.09. The van der Waals surface area contributed by atoms with Crippen molar-refractivity contribution in [2.75, 3.05) is 34.4 Å². The summed E-state index contributed by atoms with van der Waals surface area (Å²) >= 11 is 0. The van der Waals surface area contributed by atoms with Crippen molar-refractivity contribution in [1.82, 2.24) is 4.90 Å². The maximum absolute atomic E-state index is 14.0. The number of nitrogens with zero attached hydrogens (tertiary/aromatic N) is 1. The minimum absolute atomic E-state index is 0.341. The molecule has 0 aromatic heterocycles. The van der Waals surface area contributed by atoms with Gasteiger partial charge in [-0.25, -0.2) is 4.39 Å². The second kappa shape index (κ2) is 9.13. The lowest BCUT2D eigenvalue weighted by Gasteiger charge is -2.38. The first-order valence-electron chi connectivity index (χ1n) is 9.50. The molecule has 1 N–H and O–H groups in total. The Balaban J connectivity index is 2.12. The van der Waals surface area contributed by atoms with E-state index in [9.17, 15) is 14.3 Å². The molecular weight excluding hydrogens is 377 g/mol. The van der Waals surface area contributed by atoms with Gasteiger partial charge in [0, 0.05) is 6.54 Å². The molecule has 0 aliphatic carbocycles. The van der Waals surface area contributed by atoms with E-state index in [2.05, 4.69) is 4.90 Å². The molecule has 1 heterocycles. The van der Waals surface area contributed by atoms with Crippen molar-refractivity contribution in [3.05, 3.63) is 53.3 Å². The summed E-state index contributed by atoms with van der Waals surface area (Å²) < 4.78 is 30.4. The summed E-state index contributed by atoms with van der Waals surface area (Å²) in [5.41, 5.74) is 1.56. The lowest BCUT2D eigenvalue weighted by molar-refractivity contribution is -0.143. The van der Waals surface area contributed by atoms with Crippen LogP contribution in [-0.4, -0.2) is 50.4 Å². The summed E-state index contributed by atoms with van der Waals surface area (Å²) in [5, 5.41) is 9.51. The molecule has 29 heavy (non-hydrogen) atoms. The molecule has 0 spiro atoms. The van der Waals surface area contributed by atoms with Gasteiger partial charge in [-0.3, -0.25) is 9.69 Å². The predicted molar refractivity (Wildman–Crippen MR) is 106 cm³/mol. The average Bonchev–Trinajstić information content (AvgIpc) is 2.73. The van der Waals surface area contributed by atoms with Crippen molar-refractivity contribution in [3.63, 3.8) is 0 Å². The number of ether oxygens (including phenoxy) is 3. The van der Waals surface area contributed by atoms with Gasteiger partial charge in [-0.05, 0) is 54.8 Å². The van der Waals surface area contributed by atoms with E-state index in [0.29, 0.717) is 36.8 Å². The number of piperidine rings is 1. The molecule has 6 nitrogen and oxygen atoms in total. The molecule has 1 fully saturated rings. The van der Waals surface area contributed by atoms with Crippen molar-refractivity contribution in [2.45, 2.75) is 18.9 Å². The van der Waals surface area contributed by atoms with Crippen LogP contribution >= 0.6 is 0 Å². The third kappa shape index (κ3) is 4.45. The monoisotopic (exact) mass is 403 g/mol. The Morgan fingerprint density at radius 1 is 1.10 bits per heavy atom. The zero-order valence-corrected chi connectivity index (χ0v) is 16.9. The molecule has 0 bridgehead atoms. The van der Waals surface area contributed by atoms with Gasteiger partial charge in [-0.15, -0.1) is 0 Å². The van der Waals surface area contributed by atoms with E-state index in [-0.39, 0.29) is 11.9 Å². The lowest BCUT2D eigenvalue weighted by Crippen LogP contribution is -2.41. The molecule has 2 unspecified atom stereocenters. The number of benzene rings is 2. The summed E-state index contributed by atoms with van der Waals surface area (Å²) in [4.78, 5) is 13.7. The highest BCUT2D eigenvalue weighted by Gasteiger charge is 2.32. The molecule has 1 aliphatic heterocycles. The summed E-state index contributed by atoms with van der Waals surface area (Å²) in [6.45, 7) is 1.09. The van der Waals surface area contributed by atoms with Gasteiger partial charge in [0.1, 0.15) is 5.82 Å². The number of carboxylic acid groups (broad SMARTS) is 1. The van der Waals surface area contributed by atoms with Crippen molar-refractivity contribution in [1.29, 1.82) is 0 Å². The molecule has 1 saturated heterocycles. The molecule has 0 amide bonds. The molecule has 3 rings (SSSR count). The number of hydrogen-bond acceptors (Lipinski definition) is 5. The molecule has 0 radical (unpaired) electrons. The third-order valence-electron chi connectivity index (χ3n) is 5.33. The lowest BCUT2D eigenvalue weighted by atomic mass is 9.91. The Labute approximate surface area is 169 Å². The van der Waals surface area contributed by atoms with Gasteiger partial charge in [-0.1, -0.05) is 12.1 Å². The molecule has 2 aromatic rings. The van der Waals surface area contributed by atoms with Crippen LogP contribution in [0.2, 0.25) is 0 Å². The summed E-state index contributed by atoms with van der Waals surface area (Å²) in [6, 6.07) is 9.71. The fraction of sp³-hybridized carbons (Fsp3) is 0.409. The standard InChI is InChI=1S/C22H26FNO5/c1-27-18-11-16(12-19(28-2)21(18)29-3)20(14-6-4-8-17(23)10-14)24-9-5-7-15(13-24)22(25)26/h4,6,8,10-12,15,20H,5,7,9,13H2,1-3H3,(H,25,26). The van der Waals surface area contributed by atoms with Gasteiger partial charge < -0.3 is 19.3 Å². The van der Waals surface area contributed by atoms with Crippen LogP contribution in [0.15, 0.2) is 36.4 Å². The number of aliphatic carboxylic acids is 1. The van der Waals surface area contributed by atoms with Gasteiger partial charge in [0.05, 0.1) is 33.3 Å². The number of likely N-dealkylation sites (tertiary alicyclic amines) is 1. The second-order valence-electron chi connectivity index (χ2n) is 7.09. The van der Waals surface area contributed by atoms with Crippen molar-refractivity contribution in [2.24, 2.45) is 5.92 Å². The number of halogens is 1. The van der Waals surface area contributed by atoms with Crippen LogP contribution in [-0.2, 0) is 4.79 Å². The van der Waals surface area contributed by atoms with Crippen LogP contribution in [0, 0.1) is 11.7 Å². The Kier molecular flexibility index (Phi) is 6.59. The van der Waals surface area contributed by atoms with Gasteiger partial charge in [-0.2, -0.15) is 0 Å². The highest BCUT2D eigenvalue weighted by atomic mass is 19.1. The minimum atomic E-state index is -0.808. The van der Waals surface area contributed by atoms with Crippen LogP contribution in [0.25, 0.3) is 0 Å². The maximum Gasteiger partial charge on any atom is 0.307 e. The molecular formula is C22H26FNO5. The Bertz CT molecular complexity index is 847. The van der Waals surface area contributed by atoms with Crippen molar-refractivity contribution < 1.29 is 28.5 Å². The third-order valence-corrected chi connectivity index (χ3v) is 5.33. The maximum atomic E-state index is 14.0. The van der Waals surface area contributed by atoms with Crippen molar-refractivity contribution in [3.8, 4) is 17.2 Å². The zero-order valence-electron chi connectivity index (χ0n) is 16.9. The molecule has 7 heteroatoms. The van der Waals surface area contributed by atoms with Crippen LogP contribution in [0.3, 0.4) is 0 Å². The first-order valence-corrected chi connectivity index (χ1v) is 9.50. The van der Waals surface area contributed by atoms with Gasteiger partial charge in [0.2, 0.25) is 5.75 Å². The van der Waals surface area contributed by atoms with Gasteiger partial charge in [0.15, 0.2) is 11.5 Å². The molecule has 1 aliphatic rings. The summed E-state index contributed by atoms with van der Waals surface area (Å²) in [6.07, 6.45) is 1.39. The number of hydrogen-bond donors (Lipinski definition) is 1. The van der Waals surface area contributed by atoms with Crippen LogP contribution in [0.1, 0.15) is 30.0 Å². The van der Waals surface area contributed by atoms with E-state index in [1.807, 2.05) is 18.2 Å². The highest BCUT2D eigenvalue weighted by molar-refractivity contribution is 5.70. The number of rotatable bonds is 7. The molecule has 0 saturated carbocycles. The van der Waals surface area contributed by atoms with E-state index in [1.165, 1.54) is 19.2 Å². The Morgan fingerprint density at radius 2 is 1.79 bits per heavy atom. The number of carbonyl (C=O) groups is 1. The number of carboxylic acids is 1. The van der Waals surface area contributed by atoms with Crippen molar-refractivity contribution >= 4 is 5.97 Å². The van der Waals surface area contributed by atoms with E-state index in [0.717, 1.165) is 17.5 Å². The fourth-order valence-corrected chi connectivity index (χ4v) is 3.99. The number of methoxy groups -OCH3 is 3. The van der Waals surface area contributed by atoms with Crippen LogP contribution in [0.4, 0.5) is 4.39 Å². The predicted octanol–water partition coefficient (Wildman–Crippen LogP) is 3.74. The van der Waals surface area contributed by atoms with E-state index in [1.54, 1.807) is 20.3 Å². The Morgan fingerprint density at radius 3 is 2.34 bits per heavy atom. The molecule has 2 atom stereocenters. The quantitative estimate of drug-likeness (QED) is 0.760. The van der Waals surface area contributed by atoms with E-state index in [4.69, 9.17) is 14.2 Å². The van der Waals surface area contributed by atoms with Gasteiger partial charge in [0.25, 0.3) is 0 Å². The Hall–Kier alpha value is -2.80. The summed E-state index contributed by atoms with van der Waals surface area (Å²) in [7, 11) is 4.62. The van der Waals surface area contributed by atoms with Gasteiger partial charge >= 0.3 is 5.97 Å². The minimum Gasteiger partial charge on any atom is -0.493 e. The first kappa shape index (κ1) is 20.9. The zero-order chi connectivity index (χ0) is 21.0. The van der Waals surface area contributed by atoms with Crippen LogP contribution in [0.5, 0.6) is 17.2 Å². The topological polar surface area (TPSA) is 68.2 Å². The largest absolute Gasteiger partial charge is 0.493 e. The van der Waals surface area contributed by atoms with Crippen LogP contribution < -0.4 is 14.2 Å². The average molecular weight is 403 g/mol. The molecule has 156 valence electrons. The normalized spacial score (nSPS) is 18.1. The smallest absolute Gasteiger partial charge is 0.307 e. The first-order chi connectivity index (χ1) is 14.0. The highest BCUT2D eigenvalue weighted by Crippen LogP contribution is 2.43. The SMILES string of the molecule is COc1cc(C(c2cccc(F)c2)N2CCCC(C(=O)O)C2)cc(OC)c1OC. The molecule has 2 aromatic carbocycles. The van der Waals surface area contributed by atoms with E-state index >= 15 is 0 Å². The fourth-order valence-electron chi connectivity index (χ4n) is 3.99.